The standard InChI is InChI=1S/C17H17N3O2S/c1-3-13(17(21)22)20-15-12-9-14(11-7-5-4-6-8-11)23-16(12)19-10(2)18-15/h4-9,13H,3H2,1-2H3,(H,21,22)(H,18,19,20). The summed E-state index contributed by atoms with van der Waals surface area (Å²) in [5, 5.41) is 13.1. The Bertz CT molecular complexity index is 846. The molecule has 1 aromatic carbocycles. The van der Waals surface area contributed by atoms with Gasteiger partial charge >= 0.3 is 5.97 Å². The molecule has 0 radical (unpaired) electrons. The van der Waals surface area contributed by atoms with Gasteiger partial charge in [-0.05, 0) is 25.0 Å². The number of anilines is 1. The van der Waals surface area contributed by atoms with Crippen molar-refractivity contribution in [2.75, 3.05) is 5.32 Å². The summed E-state index contributed by atoms with van der Waals surface area (Å²) in [5.41, 5.74) is 1.12. The quantitative estimate of drug-likeness (QED) is 0.742. The summed E-state index contributed by atoms with van der Waals surface area (Å²) < 4.78 is 0. The Balaban J connectivity index is 2.08. The summed E-state index contributed by atoms with van der Waals surface area (Å²) in [6.07, 6.45) is 0.482. The van der Waals surface area contributed by atoms with Crippen LogP contribution < -0.4 is 5.32 Å². The first-order valence-corrected chi connectivity index (χ1v) is 8.23. The predicted molar refractivity (Wildman–Crippen MR) is 92.9 cm³/mol. The fourth-order valence-electron chi connectivity index (χ4n) is 2.39. The highest BCUT2D eigenvalue weighted by atomic mass is 32.1. The number of hydrogen-bond acceptors (Lipinski definition) is 5. The molecule has 0 spiro atoms. The minimum absolute atomic E-state index is 0.482. The molecule has 6 heteroatoms. The van der Waals surface area contributed by atoms with E-state index < -0.39 is 12.0 Å². The van der Waals surface area contributed by atoms with Gasteiger partial charge in [-0.1, -0.05) is 37.3 Å². The summed E-state index contributed by atoms with van der Waals surface area (Å²) in [4.78, 5) is 22.1. The van der Waals surface area contributed by atoms with Crippen molar-refractivity contribution in [2.45, 2.75) is 26.3 Å². The third-order valence-electron chi connectivity index (χ3n) is 3.58. The number of nitrogens with zero attached hydrogens (tertiary/aromatic N) is 2. The molecule has 0 bridgehead atoms. The fourth-order valence-corrected chi connectivity index (χ4v) is 3.47. The molecule has 0 aliphatic carbocycles. The van der Waals surface area contributed by atoms with Gasteiger partial charge in [0.2, 0.25) is 0 Å². The molecule has 1 unspecified atom stereocenters. The van der Waals surface area contributed by atoms with Crippen molar-refractivity contribution >= 4 is 33.3 Å². The van der Waals surface area contributed by atoms with Crippen molar-refractivity contribution in [2.24, 2.45) is 0 Å². The lowest BCUT2D eigenvalue weighted by Crippen LogP contribution is -2.28. The van der Waals surface area contributed by atoms with Gasteiger partial charge in [-0.15, -0.1) is 11.3 Å². The molecule has 2 heterocycles. The smallest absolute Gasteiger partial charge is 0.326 e. The summed E-state index contributed by atoms with van der Waals surface area (Å²) in [7, 11) is 0. The largest absolute Gasteiger partial charge is 0.480 e. The highest BCUT2D eigenvalue weighted by Crippen LogP contribution is 2.35. The van der Waals surface area contributed by atoms with E-state index in [9.17, 15) is 9.90 Å². The number of carboxylic acid groups (broad SMARTS) is 1. The molecular weight excluding hydrogens is 310 g/mol. The Morgan fingerprint density at radius 2 is 2.04 bits per heavy atom. The maximum Gasteiger partial charge on any atom is 0.326 e. The average molecular weight is 327 g/mol. The van der Waals surface area contributed by atoms with Crippen LogP contribution in [0.25, 0.3) is 20.7 Å². The van der Waals surface area contributed by atoms with Crippen molar-refractivity contribution in [3.63, 3.8) is 0 Å². The number of hydrogen-bond donors (Lipinski definition) is 2. The van der Waals surface area contributed by atoms with E-state index in [0.717, 1.165) is 20.7 Å². The third-order valence-corrected chi connectivity index (χ3v) is 4.66. The van der Waals surface area contributed by atoms with Gasteiger partial charge in [0.25, 0.3) is 0 Å². The van der Waals surface area contributed by atoms with Crippen LogP contribution in [0.1, 0.15) is 19.2 Å². The molecule has 1 atom stereocenters. The number of carbonyl (C=O) groups is 1. The van der Waals surface area contributed by atoms with Gasteiger partial charge in [0.05, 0.1) is 5.39 Å². The molecular formula is C17H17N3O2S. The number of aromatic nitrogens is 2. The number of rotatable bonds is 5. The molecule has 3 aromatic rings. The lowest BCUT2D eigenvalue weighted by molar-refractivity contribution is -0.137. The average Bonchev–Trinajstić information content (AvgIpc) is 2.96. The molecule has 0 fully saturated rings. The Morgan fingerprint density at radius 1 is 1.30 bits per heavy atom. The summed E-state index contributed by atoms with van der Waals surface area (Å²) >= 11 is 1.58. The van der Waals surface area contributed by atoms with Crippen LogP contribution in [0.5, 0.6) is 0 Å². The highest BCUT2D eigenvalue weighted by molar-refractivity contribution is 7.21. The number of fused-ring (bicyclic) bond motifs is 1. The zero-order valence-electron chi connectivity index (χ0n) is 12.9. The SMILES string of the molecule is CCC(Nc1nc(C)nc2sc(-c3ccccc3)cc12)C(=O)O. The van der Waals surface area contributed by atoms with Crippen molar-refractivity contribution in [1.82, 2.24) is 9.97 Å². The van der Waals surface area contributed by atoms with Crippen LogP contribution >= 0.6 is 11.3 Å². The van der Waals surface area contributed by atoms with Crippen molar-refractivity contribution in [3.8, 4) is 10.4 Å². The summed E-state index contributed by atoms with van der Waals surface area (Å²) in [6, 6.07) is 11.4. The zero-order valence-corrected chi connectivity index (χ0v) is 13.7. The number of thiophene rings is 1. The number of aliphatic carboxylic acids is 1. The van der Waals surface area contributed by atoms with E-state index in [1.165, 1.54) is 0 Å². The lowest BCUT2D eigenvalue weighted by atomic mass is 10.2. The first-order chi connectivity index (χ1) is 11.1. The second-order valence-corrected chi connectivity index (χ2v) is 6.29. The lowest BCUT2D eigenvalue weighted by Gasteiger charge is -2.13. The Kier molecular flexibility index (Phi) is 4.25. The van der Waals surface area contributed by atoms with E-state index in [2.05, 4.69) is 15.3 Å². The van der Waals surface area contributed by atoms with E-state index in [1.54, 1.807) is 11.3 Å². The van der Waals surface area contributed by atoms with E-state index >= 15 is 0 Å². The van der Waals surface area contributed by atoms with Crippen molar-refractivity contribution in [1.29, 1.82) is 0 Å². The molecule has 5 nitrogen and oxygen atoms in total. The minimum Gasteiger partial charge on any atom is -0.480 e. The van der Waals surface area contributed by atoms with E-state index in [4.69, 9.17) is 0 Å². The van der Waals surface area contributed by atoms with Crippen molar-refractivity contribution < 1.29 is 9.90 Å². The monoisotopic (exact) mass is 327 g/mol. The summed E-state index contributed by atoms with van der Waals surface area (Å²) in [6.45, 7) is 3.65. The molecule has 23 heavy (non-hydrogen) atoms. The number of carboxylic acids is 1. The van der Waals surface area contributed by atoms with Crippen LogP contribution in [0.15, 0.2) is 36.4 Å². The van der Waals surface area contributed by atoms with Gasteiger partial charge in [0.1, 0.15) is 22.5 Å². The molecule has 0 aliphatic rings. The number of benzene rings is 1. The van der Waals surface area contributed by atoms with E-state index in [1.807, 2.05) is 50.2 Å². The first kappa shape index (κ1) is 15.4. The first-order valence-electron chi connectivity index (χ1n) is 7.41. The molecule has 0 amide bonds. The van der Waals surface area contributed by atoms with Gasteiger partial charge in [-0.2, -0.15) is 0 Å². The topological polar surface area (TPSA) is 75.1 Å². The van der Waals surface area contributed by atoms with Gasteiger partial charge in [-0.3, -0.25) is 0 Å². The highest BCUT2D eigenvalue weighted by Gasteiger charge is 2.18. The molecule has 2 N–H and O–H groups in total. The van der Waals surface area contributed by atoms with Gasteiger partial charge in [0.15, 0.2) is 0 Å². The van der Waals surface area contributed by atoms with Crippen LogP contribution in [0, 0.1) is 6.92 Å². The Morgan fingerprint density at radius 3 is 2.70 bits per heavy atom. The summed E-state index contributed by atoms with van der Waals surface area (Å²) in [5.74, 6) is 0.331. The number of nitrogens with one attached hydrogen (secondary N) is 1. The second-order valence-electron chi connectivity index (χ2n) is 5.26. The normalized spacial score (nSPS) is 12.3. The number of aryl methyl sites for hydroxylation is 1. The Hall–Kier alpha value is -2.47. The van der Waals surface area contributed by atoms with Crippen LogP contribution in [0.4, 0.5) is 5.82 Å². The third kappa shape index (κ3) is 3.17. The molecule has 0 saturated heterocycles. The van der Waals surface area contributed by atoms with E-state index in [0.29, 0.717) is 18.1 Å². The van der Waals surface area contributed by atoms with Crippen LogP contribution in [-0.4, -0.2) is 27.1 Å². The Labute approximate surface area is 138 Å². The van der Waals surface area contributed by atoms with E-state index in [-0.39, 0.29) is 0 Å². The molecule has 2 aromatic heterocycles. The van der Waals surface area contributed by atoms with Crippen LogP contribution in [-0.2, 0) is 4.79 Å². The second kappa shape index (κ2) is 6.34. The van der Waals surface area contributed by atoms with Gasteiger partial charge in [-0.25, -0.2) is 14.8 Å². The molecule has 0 aliphatic heterocycles. The zero-order chi connectivity index (χ0) is 16.4. The van der Waals surface area contributed by atoms with Crippen LogP contribution in [0.2, 0.25) is 0 Å². The molecule has 3 rings (SSSR count). The molecule has 118 valence electrons. The van der Waals surface area contributed by atoms with Gasteiger partial charge < -0.3 is 10.4 Å². The predicted octanol–water partition coefficient (Wildman–Crippen LogP) is 3.94. The van der Waals surface area contributed by atoms with Crippen LogP contribution in [0.3, 0.4) is 0 Å². The molecule has 0 saturated carbocycles. The minimum atomic E-state index is -0.879. The maximum absolute atomic E-state index is 11.3. The fraction of sp³-hybridized carbons (Fsp3) is 0.235. The van der Waals surface area contributed by atoms with Gasteiger partial charge in [0, 0.05) is 4.88 Å². The maximum atomic E-state index is 11.3. The van der Waals surface area contributed by atoms with Crippen molar-refractivity contribution in [3.05, 3.63) is 42.2 Å².